The molecule has 1 heterocycles. The molecule has 1 unspecified atom stereocenters. The molecule has 1 aromatic carbocycles. The van der Waals surface area contributed by atoms with Gasteiger partial charge < -0.3 is 10.1 Å². The number of benzene rings is 1. The minimum absolute atomic E-state index is 0.0619. The maximum absolute atomic E-state index is 6.06. The first-order valence-electron chi connectivity index (χ1n) is 6.01. The lowest BCUT2D eigenvalue weighted by Crippen LogP contribution is -2.38. The monoisotopic (exact) mass is 253 g/mol. The van der Waals surface area contributed by atoms with Crippen LogP contribution in [0.3, 0.4) is 0 Å². The summed E-state index contributed by atoms with van der Waals surface area (Å²) in [6.07, 6.45) is 1.00. The van der Waals surface area contributed by atoms with Gasteiger partial charge in [-0.25, -0.2) is 0 Å². The van der Waals surface area contributed by atoms with E-state index in [1.54, 1.807) is 0 Å². The Hall–Kier alpha value is -0.730. The van der Waals surface area contributed by atoms with Crippen LogP contribution in [0.25, 0.3) is 0 Å². The summed E-state index contributed by atoms with van der Waals surface area (Å²) < 4.78 is 6.06. The van der Waals surface area contributed by atoms with Crippen LogP contribution in [0.1, 0.15) is 34.1 Å². The average molecular weight is 254 g/mol. The lowest BCUT2D eigenvalue weighted by molar-refractivity contribution is -0.0662. The zero-order valence-electron chi connectivity index (χ0n) is 10.9. The van der Waals surface area contributed by atoms with E-state index in [4.69, 9.17) is 16.3 Å². The highest BCUT2D eigenvalue weighted by Gasteiger charge is 2.45. The summed E-state index contributed by atoms with van der Waals surface area (Å²) in [6, 6.07) is 8.13. The van der Waals surface area contributed by atoms with Crippen molar-refractivity contribution in [2.24, 2.45) is 0 Å². The predicted molar refractivity (Wildman–Crippen MR) is 72.7 cm³/mol. The number of anilines is 1. The van der Waals surface area contributed by atoms with E-state index in [-0.39, 0.29) is 11.2 Å². The zero-order chi connectivity index (χ0) is 12.7. The van der Waals surface area contributed by atoms with Gasteiger partial charge in [0.25, 0.3) is 0 Å². The van der Waals surface area contributed by atoms with Crippen molar-refractivity contribution in [3.63, 3.8) is 0 Å². The van der Waals surface area contributed by atoms with Crippen LogP contribution in [0, 0.1) is 0 Å². The molecule has 0 radical (unpaired) electrons. The molecule has 2 rings (SSSR count). The van der Waals surface area contributed by atoms with Crippen molar-refractivity contribution in [1.29, 1.82) is 0 Å². The summed E-state index contributed by atoms with van der Waals surface area (Å²) in [5.41, 5.74) is 0.880. The largest absolute Gasteiger partial charge is 0.379 e. The lowest BCUT2D eigenvalue weighted by atomic mass is 9.94. The predicted octanol–water partition coefficient (Wildman–Crippen LogP) is 4.10. The molecule has 17 heavy (non-hydrogen) atoms. The van der Waals surface area contributed by atoms with Gasteiger partial charge in [0.05, 0.1) is 17.2 Å². The highest BCUT2D eigenvalue weighted by Crippen LogP contribution is 2.38. The first-order chi connectivity index (χ1) is 7.78. The second-order valence-corrected chi connectivity index (χ2v) is 6.31. The van der Waals surface area contributed by atoms with Gasteiger partial charge in [-0.3, -0.25) is 0 Å². The Bertz CT molecular complexity index is 397. The van der Waals surface area contributed by atoms with Crippen molar-refractivity contribution in [3.05, 3.63) is 29.3 Å². The lowest BCUT2D eigenvalue weighted by Gasteiger charge is -2.28. The molecule has 0 aromatic heterocycles. The summed E-state index contributed by atoms with van der Waals surface area (Å²) in [6.45, 7) is 8.54. The Balaban J connectivity index is 2.11. The van der Waals surface area contributed by atoms with E-state index in [0.29, 0.717) is 6.04 Å². The van der Waals surface area contributed by atoms with Crippen LogP contribution in [-0.4, -0.2) is 17.2 Å². The van der Waals surface area contributed by atoms with E-state index in [1.807, 2.05) is 24.3 Å². The van der Waals surface area contributed by atoms with Crippen molar-refractivity contribution >= 4 is 17.3 Å². The summed E-state index contributed by atoms with van der Waals surface area (Å²) in [7, 11) is 0. The summed E-state index contributed by atoms with van der Waals surface area (Å²) in [4.78, 5) is 0. The van der Waals surface area contributed by atoms with Crippen molar-refractivity contribution < 1.29 is 4.74 Å². The molecule has 1 atom stereocenters. The smallest absolute Gasteiger partial charge is 0.0834 e. The quantitative estimate of drug-likeness (QED) is 0.857. The summed E-state index contributed by atoms with van der Waals surface area (Å²) in [5.74, 6) is 0. The average Bonchev–Trinajstić information content (AvgIpc) is 2.38. The van der Waals surface area contributed by atoms with E-state index in [1.165, 1.54) is 0 Å². The molecule has 1 aromatic rings. The maximum atomic E-state index is 6.06. The second-order valence-electron chi connectivity index (χ2n) is 5.87. The van der Waals surface area contributed by atoms with E-state index in [9.17, 15) is 0 Å². The van der Waals surface area contributed by atoms with Crippen LogP contribution < -0.4 is 5.32 Å². The van der Waals surface area contributed by atoms with Crippen LogP contribution in [0.4, 0.5) is 5.69 Å². The molecular formula is C14H20ClNO. The molecule has 3 heteroatoms. The van der Waals surface area contributed by atoms with Crippen molar-refractivity contribution in [1.82, 2.24) is 0 Å². The SMILES string of the molecule is CC1(C)CC(Nc2ccc(Cl)cc2)C(C)(C)O1. The van der Waals surface area contributed by atoms with Gasteiger partial charge in [0, 0.05) is 10.7 Å². The van der Waals surface area contributed by atoms with Crippen LogP contribution in [-0.2, 0) is 4.74 Å². The topological polar surface area (TPSA) is 21.3 Å². The molecule has 0 bridgehead atoms. The van der Waals surface area contributed by atoms with Crippen LogP contribution in [0.5, 0.6) is 0 Å². The normalized spacial score (nSPS) is 25.8. The van der Waals surface area contributed by atoms with Gasteiger partial charge in [0.1, 0.15) is 0 Å². The maximum Gasteiger partial charge on any atom is 0.0834 e. The molecule has 1 N–H and O–H groups in total. The number of hydrogen-bond acceptors (Lipinski definition) is 2. The first kappa shape index (κ1) is 12.7. The van der Waals surface area contributed by atoms with Gasteiger partial charge in [-0.15, -0.1) is 0 Å². The van der Waals surface area contributed by atoms with E-state index < -0.39 is 0 Å². The fourth-order valence-electron chi connectivity index (χ4n) is 2.53. The molecule has 1 aliphatic rings. The van der Waals surface area contributed by atoms with Gasteiger partial charge in [-0.05, 0) is 58.4 Å². The molecule has 1 saturated heterocycles. The second kappa shape index (κ2) is 4.18. The van der Waals surface area contributed by atoms with E-state index in [0.717, 1.165) is 17.1 Å². The van der Waals surface area contributed by atoms with E-state index in [2.05, 4.69) is 33.0 Å². The molecule has 0 spiro atoms. The zero-order valence-corrected chi connectivity index (χ0v) is 11.6. The van der Waals surface area contributed by atoms with Gasteiger partial charge in [-0.1, -0.05) is 11.6 Å². The molecule has 1 fully saturated rings. The number of rotatable bonds is 2. The molecular weight excluding hydrogens is 234 g/mol. The molecule has 0 saturated carbocycles. The van der Waals surface area contributed by atoms with Gasteiger partial charge in [0.15, 0.2) is 0 Å². The Labute approximate surface area is 108 Å². The van der Waals surface area contributed by atoms with Gasteiger partial charge in [0.2, 0.25) is 0 Å². The molecule has 94 valence electrons. The Morgan fingerprint density at radius 1 is 1.18 bits per heavy atom. The number of hydrogen-bond donors (Lipinski definition) is 1. The first-order valence-corrected chi connectivity index (χ1v) is 6.39. The summed E-state index contributed by atoms with van der Waals surface area (Å²) in [5, 5.41) is 4.29. The number of nitrogens with one attached hydrogen (secondary N) is 1. The standard InChI is InChI=1S/C14H20ClNO/c1-13(2)9-12(14(3,4)17-13)16-11-7-5-10(15)6-8-11/h5-8,12,16H,9H2,1-4H3. The van der Waals surface area contributed by atoms with Crippen molar-refractivity contribution in [2.75, 3.05) is 5.32 Å². The van der Waals surface area contributed by atoms with E-state index >= 15 is 0 Å². The molecule has 0 aliphatic carbocycles. The third kappa shape index (κ3) is 2.93. The van der Waals surface area contributed by atoms with Gasteiger partial charge >= 0.3 is 0 Å². The molecule has 2 nitrogen and oxygen atoms in total. The minimum Gasteiger partial charge on any atom is -0.379 e. The Morgan fingerprint density at radius 2 is 1.76 bits per heavy atom. The van der Waals surface area contributed by atoms with Crippen LogP contribution in [0.15, 0.2) is 24.3 Å². The fourth-order valence-corrected chi connectivity index (χ4v) is 2.66. The van der Waals surface area contributed by atoms with Crippen molar-refractivity contribution in [3.8, 4) is 0 Å². The van der Waals surface area contributed by atoms with Crippen LogP contribution in [0.2, 0.25) is 5.02 Å². The van der Waals surface area contributed by atoms with Gasteiger partial charge in [-0.2, -0.15) is 0 Å². The number of halogens is 1. The fraction of sp³-hybridized carbons (Fsp3) is 0.571. The molecule has 0 amide bonds. The summed E-state index contributed by atoms with van der Waals surface area (Å²) >= 11 is 5.88. The third-order valence-electron chi connectivity index (χ3n) is 3.26. The number of ether oxygens (including phenoxy) is 1. The Kier molecular flexibility index (Phi) is 3.13. The molecule has 1 aliphatic heterocycles. The minimum atomic E-state index is -0.150. The highest BCUT2D eigenvalue weighted by molar-refractivity contribution is 6.30. The Morgan fingerprint density at radius 3 is 2.24 bits per heavy atom. The third-order valence-corrected chi connectivity index (χ3v) is 3.51. The van der Waals surface area contributed by atoms with Crippen LogP contribution >= 0.6 is 11.6 Å². The van der Waals surface area contributed by atoms with Crippen molar-refractivity contribution in [2.45, 2.75) is 51.4 Å². The highest BCUT2D eigenvalue weighted by atomic mass is 35.5.